The number of anilines is 1. The van der Waals surface area contributed by atoms with Gasteiger partial charge in [0, 0.05) is 24.7 Å². The van der Waals surface area contributed by atoms with Crippen molar-refractivity contribution in [2.45, 2.75) is 13.3 Å². The molecule has 1 aromatic rings. The van der Waals surface area contributed by atoms with Gasteiger partial charge in [0.25, 0.3) is 0 Å². The van der Waals surface area contributed by atoms with Crippen LogP contribution >= 0.6 is 0 Å². The van der Waals surface area contributed by atoms with Gasteiger partial charge in [0.05, 0.1) is 6.54 Å². The molecule has 0 atom stereocenters. The van der Waals surface area contributed by atoms with E-state index in [1.807, 2.05) is 37.2 Å². The van der Waals surface area contributed by atoms with Crippen molar-refractivity contribution in [1.82, 2.24) is 4.90 Å². The second-order valence-corrected chi connectivity index (χ2v) is 4.93. The molecule has 0 spiro atoms. The molecule has 0 N–H and O–H groups in total. The zero-order valence-electron chi connectivity index (χ0n) is 11.1. The molecule has 0 saturated carbocycles. The minimum Gasteiger partial charge on any atom is -0.312 e. The Hall–Kier alpha value is -1.68. The summed E-state index contributed by atoms with van der Waals surface area (Å²) in [5.74, 6) is 0.171. The monoisotopic (exact) mass is 246 g/mol. The number of nitrogens with zero attached hydrogens (tertiary/aromatic N) is 2. The van der Waals surface area contributed by atoms with Gasteiger partial charge in [0.2, 0.25) is 5.91 Å². The van der Waals surface area contributed by atoms with Crippen molar-refractivity contribution in [3.8, 4) is 0 Å². The fraction of sp³-hybridized carbons (Fsp3) is 0.429. The van der Waals surface area contributed by atoms with Crippen LogP contribution in [0.3, 0.4) is 0 Å². The van der Waals surface area contributed by atoms with Crippen molar-refractivity contribution >= 4 is 17.4 Å². The molecule has 4 nitrogen and oxygen atoms in total. The molecule has 0 radical (unpaired) electrons. The first-order valence-corrected chi connectivity index (χ1v) is 6.08. The minimum atomic E-state index is 0.0566. The SMILES string of the molecule is CC(=O)N1CCc2cc(C(=O)CN(C)C)ccc21. The fourth-order valence-electron chi connectivity index (χ4n) is 2.28. The molecule has 1 aliphatic heterocycles. The maximum Gasteiger partial charge on any atom is 0.223 e. The Morgan fingerprint density at radius 3 is 2.67 bits per heavy atom. The third-order valence-corrected chi connectivity index (χ3v) is 3.14. The summed E-state index contributed by atoms with van der Waals surface area (Å²) in [6.07, 6.45) is 0.831. The number of benzene rings is 1. The second-order valence-electron chi connectivity index (χ2n) is 4.93. The summed E-state index contributed by atoms with van der Waals surface area (Å²) in [7, 11) is 3.76. The lowest BCUT2D eigenvalue weighted by atomic mass is 10.0. The van der Waals surface area contributed by atoms with Crippen LogP contribution in [0.2, 0.25) is 0 Å². The second kappa shape index (κ2) is 4.90. The van der Waals surface area contributed by atoms with Crippen LogP contribution < -0.4 is 4.90 Å². The van der Waals surface area contributed by atoms with Crippen molar-refractivity contribution in [3.05, 3.63) is 29.3 Å². The molecule has 96 valence electrons. The molecule has 0 aromatic heterocycles. The number of fused-ring (bicyclic) bond motifs is 1. The number of carbonyl (C=O) groups is 2. The van der Waals surface area contributed by atoms with Crippen LogP contribution in [0.1, 0.15) is 22.8 Å². The third-order valence-electron chi connectivity index (χ3n) is 3.14. The van der Waals surface area contributed by atoms with E-state index in [1.165, 1.54) is 0 Å². The van der Waals surface area contributed by atoms with Gasteiger partial charge in [-0.2, -0.15) is 0 Å². The lowest BCUT2D eigenvalue weighted by Crippen LogP contribution is -2.25. The van der Waals surface area contributed by atoms with E-state index in [0.717, 1.165) is 29.8 Å². The van der Waals surface area contributed by atoms with Crippen molar-refractivity contribution in [2.75, 3.05) is 32.1 Å². The van der Waals surface area contributed by atoms with E-state index in [0.29, 0.717) is 6.54 Å². The lowest BCUT2D eigenvalue weighted by Gasteiger charge is -2.15. The Morgan fingerprint density at radius 2 is 2.06 bits per heavy atom. The Bertz CT molecular complexity index is 495. The van der Waals surface area contributed by atoms with E-state index < -0.39 is 0 Å². The minimum absolute atomic E-state index is 0.0566. The maximum absolute atomic E-state index is 11.9. The fourth-order valence-corrected chi connectivity index (χ4v) is 2.28. The molecule has 0 saturated heterocycles. The van der Waals surface area contributed by atoms with Crippen LogP contribution in [0.25, 0.3) is 0 Å². The highest BCUT2D eigenvalue weighted by molar-refractivity contribution is 5.99. The highest BCUT2D eigenvalue weighted by Gasteiger charge is 2.23. The first-order valence-electron chi connectivity index (χ1n) is 6.08. The van der Waals surface area contributed by atoms with Gasteiger partial charge in [-0.05, 0) is 44.3 Å². The lowest BCUT2D eigenvalue weighted by molar-refractivity contribution is -0.116. The van der Waals surface area contributed by atoms with Crippen molar-refractivity contribution in [1.29, 1.82) is 0 Å². The van der Waals surface area contributed by atoms with Crippen molar-refractivity contribution in [3.63, 3.8) is 0 Å². The molecule has 1 heterocycles. The first kappa shape index (κ1) is 12.8. The van der Waals surface area contributed by atoms with Crippen LogP contribution in [0.15, 0.2) is 18.2 Å². The van der Waals surface area contributed by atoms with Gasteiger partial charge in [-0.15, -0.1) is 0 Å². The molecule has 18 heavy (non-hydrogen) atoms. The van der Waals surface area contributed by atoms with Crippen LogP contribution in [-0.4, -0.2) is 43.8 Å². The van der Waals surface area contributed by atoms with Gasteiger partial charge in [-0.25, -0.2) is 0 Å². The van der Waals surface area contributed by atoms with Crippen LogP contribution in [-0.2, 0) is 11.2 Å². The normalized spacial score (nSPS) is 13.9. The molecule has 2 rings (SSSR count). The highest BCUT2D eigenvalue weighted by Crippen LogP contribution is 2.28. The molecule has 0 fully saturated rings. The summed E-state index contributed by atoms with van der Waals surface area (Å²) in [6, 6.07) is 5.61. The van der Waals surface area contributed by atoms with Gasteiger partial charge in [0.1, 0.15) is 0 Å². The van der Waals surface area contributed by atoms with Gasteiger partial charge in [-0.1, -0.05) is 0 Å². The summed E-state index contributed by atoms with van der Waals surface area (Å²) in [5.41, 5.74) is 2.77. The van der Waals surface area contributed by atoms with Crippen molar-refractivity contribution < 1.29 is 9.59 Å². The van der Waals surface area contributed by atoms with Gasteiger partial charge >= 0.3 is 0 Å². The van der Waals surface area contributed by atoms with Gasteiger partial charge in [0.15, 0.2) is 5.78 Å². The Balaban J connectivity index is 2.24. The first-order chi connectivity index (χ1) is 8.49. The molecular weight excluding hydrogens is 228 g/mol. The Morgan fingerprint density at radius 1 is 1.33 bits per heavy atom. The zero-order valence-corrected chi connectivity index (χ0v) is 11.1. The number of likely N-dealkylation sites (N-methyl/N-ethyl adjacent to an activating group) is 1. The smallest absolute Gasteiger partial charge is 0.223 e. The zero-order chi connectivity index (χ0) is 13.3. The van der Waals surface area contributed by atoms with E-state index in [2.05, 4.69) is 0 Å². The number of ketones is 1. The number of hydrogen-bond donors (Lipinski definition) is 0. The molecule has 0 aliphatic carbocycles. The summed E-state index contributed by atoms with van der Waals surface area (Å²) in [4.78, 5) is 27.0. The summed E-state index contributed by atoms with van der Waals surface area (Å²) in [6.45, 7) is 2.70. The molecule has 1 aliphatic rings. The predicted octanol–water partition coefficient (Wildman–Crippen LogP) is 1.34. The molecular formula is C14H18N2O2. The highest BCUT2D eigenvalue weighted by atomic mass is 16.2. The summed E-state index contributed by atoms with van der Waals surface area (Å²) < 4.78 is 0. The summed E-state index contributed by atoms with van der Waals surface area (Å²) >= 11 is 0. The molecule has 0 unspecified atom stereocenters. The number of hydrogen-bond acceptors (Lipinski definition) is 3. The van der Waals surface area contributed by atoms with Crippen LogP contribution in [0.4, 0.5) is 5.69 Å². The van der Waals surface area contributed by atoms with E-state index in [9.17, 15) is 9.59 Å². The predicted molar refractivity (Wildman–Crippen MR) is 71.1 cm³/mol. The van der Waals surface area contributed by atoms with Gasteiger partial charge in [-0.3, -0.25) is 9.59 Å². The molecule has 0 bridgehead atoms. The van der Waals surface area contributed by atoms with Crippen LogP contribution in [0.5, 0.6) is 0 Å². The summed E-state index contributed by atoms with van der Waals surface area (Å²) in [5, 5.41) is 0. The van der Waals surface area contributed by atoms with Gasteiger partial charge < -0.3 is 9.80 Å². The van der Waals surface area contributed by atoms with Crippen LogP contribution in [0, 0.1) is 0 Å². The molecule has 1 aromatic carbocycles. The average Bonchev–Trinajstić information content (AvgIpc) is 2.70. The van der Waals surface area contributed by atoms with E-state index in [4.69, 9.17) is 0 Å². The van der Waals surface area contributed by atoms with Crippen molar-refractivity contribution in [2.24, 2.45) is 0 Å². The number of Topliss-reactive ketones (excluding diaryl/α,β-unsaturated/α-hetero) is 1. The molecule has 1 amide bonds. The quantitative estimate of drug-likeness (QED) is 0.756. The van der Waals surface area contributed by atoms with E-state index >= 15 is 0 Å². The maximum atomic E-state index is 11.9. The Kier molecular flexibility index (Phi) is 3.48. The van der Waals surface area contributed by atoms with E-state index in [-0.39, 0.29) is 11.7 Å². The average molecular weight is 246 g/mol. The van der Waals surface area contributed by atoms with E-state index in [1.54, 1.807) is 11.8 Å². The molecule has 4 heteroatoms. The number of amides is 1. The largest absolute Gasteiger partial charge is 0.312 e. The Labute approximate surface area is 107 Å². The standard InChI is InChI=1S/C14H18N2O2/c1-10(17)16-7-6-11-8-12(4-5-13(11)16)14(18)9-15(2)3/h4-5,8H,6-7,9H2,1-3H3. The third kappa shape index (κ3) is 2.43. The topological polar surface area (TPSA) is 40.6 Å². The number of carbonyl (C=O) groups excluding carboxylic acids is 2. The number of rotatable bonds is 3.